The Hall–Kier alpha value is -1.98. The van der Waals surface area contributed by atoms with Crippen LogP contribution in [0.1, 0.15) is 29.8 Å². The molecule has 2 N–H and O–H groups in total. The van der Waals surface area contributed by atoms with Crippen molar-refractivity contribution < 1.29 is 18.3 Å². The third-order valence-corrected chi connectivity index (χ3v) is 4.58. The quantitative estimate of drug-likeness (QED) is 0.819. The summed E-state index contributed by atoms with van der Waals surface area (Å²) in [6, 6.07) is 1.63. The average Bonchev–Trinajstić information content (AvgIpc) is 2.79. The highest BCUT2D eigenvalue weighted by molar-refractivity contribution is 6.36. The summed E-state index contributed by atoms with van der Waals surface area (Å²) >= 11 is 6.09. The number of piperidine rings is 1. The van der Waals surface area contributed by atoms with E-state index in [0.717, 1.165) is 0 Å². The zero-order valence-corrected chi connectivity index (χ0v) is 13.5. The number of hydrogen-bond acceptors (Lipinski definition) is 4. The lowest BCUT2D eigenvalue weighted by molar-refractivity contribution is -0.141. The maximum absolute atomic E-state index is 13.4. The molecule has 1 saturated heterocycles. The summed E-state index contributed by atoms with van der Waals surface area (Å²) in [5.74, 6) is 0. The minimum absolute atomic E-state index is 0.0180. The summed E-state index contributed by atoms with van der Waals surface area (Å²) in [6.07, 6.45) is -4.25. The van der Waals surface area contributed by atoms with Gasteiger partial charge in [0.05, 0.1) is 22.3 Å². The summed E-state index contributed by atoms with van der Waals surface area (Å²) < 4.78 is 40.2. The summed E-state index contributed by atoms with van der Waals surface area (Å²) in [6.45, 7) is 2.22. The largest absolute Gasteiger partial charge is 0.434 e. The number of aromatic nitrogens is 2. The molecule has 0 radical (unpaired) electrons. The minimum Gasteiger partial charge on any atom is -0.391 e. The number of nitrogens with zero attached hydrogens (tertiary/aromatic N) is 3. The van der Waals surface area contributed by atoms with Gasteiger partial charge in [-0.2, -0.15) is 18.4 Å². The number of rotatable bonds is 1. The molecule has 1 aliphatic heterocycles. The van der Waals surface area contributed by atoms with Crippen molar-refractivity contribution in [3.63, 3.8) is 0 Å². The molecule has 0 spiro atoms. The van der Waals surface area contributed by atoms with Crippen molar-refractivity contribution in [2.75, 3.05) is 18.0 Å². The Kier molecular flexibility index (Phi) is 4.10. The van der Waals surface area contributed by atoms with E-state index in [1.165, 1.54) is 0 Å². The number of aromatic amines is 1. The van der Waals surface area contributed by atoms with E-state index in [1.807, 2.05) is 0 Å². The fourth-order valence-electron chi connectivity index (χ4n) is 3.06. The van der Waals surface area contributed by atoms with Gasteiger partial charge in [-0.05, 0) is 19.8 Å². The Morgan fingerprint density at radius 1 is 1.46 bits per heavy atom. The van der Waals surface area contributed by atoms with Gasteiger partial charge >= 0.3 is 6.18 Å². The van der Waals surface area contributed by atoms with E-state index >= 15 is 0 Å². The van der Waals surface area contributed by atoms with E-state index in [-0.39, 0.29) is 28.3 Å². The normalized spacial score (nSPS) is 18.9. The predicted molar refractivity (Wildman–Crippen MR) is 83.0 cm³/mol. The second kappa shape index (κ2) is 5.83. The number of nitriles is 1. The second-order valence-corrected chi connectivity index (χ2v) is 6.20. The molecule has 1 aliphatic rings. The van der Waals surface area contributed by atoms with Crippen LogP contribution in [0.4, 0.5) is 18.9 Å². The molecule has 0 unspecified atom stereocenters. The number of aliphatic hydroxyl groups excluding tert-OH is 1. The molecular formula is C15H14ClF3N4O. The lowest BCUT2D eigenvalue weighted by atomic mass is 10.0. The number of fused-ring (bicyclic) bond motifs is 1. The standard InChI is InChI=1S/C15H14ClF3N4O/c1-7-10(16)11-12(21-7)13(23-4-2-3-8(24)6-23)9(5-20)14(22-11)15(17,18)19/h8,21,24H,2-4,6H2,1H3/t8-/m1/s1. The van der Waals surface area contributed by atoms with Crippen molar-refractivity contribution >= 4 is 28.3 Å². The highest BCUT2D eigenvalue weighted by Gasteiger charge is 2.39. The van der Waals surface area contributed by atoms with E-state index in [4.69, 9.17) is 11.6 Å². The molecule has 9 heteroatoms. The van der Waals surface area contributed by atoms with Crippen molar-refractivity contribution in [1.29, 1.82) is 5.26 Å². The lowest BCUT2D eigenvalue weighted by Crippen LogP contribution is -2.39. The molecule has 128 valence electrons. The Morgan fingerprint density at radius 2 is 2.17 bits per heavy atom. The molecule has 0 bridgehead atoms. The molecule has 3 heterocycles. The molecule has 2 aromatic rings. The van der Waals surface area contributed by atoms with Crippen molar-refractivity contribution in [2.24, 2.45) is 0 Å². The molecule has 24 heavy (non-hydrogen) atoms. The molecule has 1 fully saturated rings. The van der Waals surface area contributed by atoms with Gasteiger partial charge in [0.1, 0.15) is 17.1 Å². The number of alkyl halides is 3. The molecule has 0 aliphatic carbocycles. The maximum Gasteiger partial charge on any atom is 0.434 e. The number of pyridine rings is 1. The third kappa shape index (κ3) is 2.68. The van der Waals surface area contributed by atoms with E-state index < -0.39 is 23.5 Å². The Labute approximate surface area is 140 Å². The summed E-state index contributed by atoms with van der Waals surface area (Å²) in [5, 5.41) is 19.3. The van der Waals surface area contributed by atoms with Gasteiger partial charge in [0, 0.05) is 18.8 Å². The van der Waals surface area contributed by atoms with Crippen LogP contribution >= 0.6 is 11.6 Å². The molecule has 5 nitrogen and oxygen atoms in total. The molecule has 2 aromatic heterocycles. The van der Waals surface area contributed by atoms with E-state index in [0.29, 0.717) is 25.1 Å². The highest BCUT2D eigenvalue weighted by atomic mass is 35.5. The smallest absolute Gasteiger partial charge is 0.391 e. The number of aliphatic hydroxyl groups is 1. The van der Waals surface area contributed by atoms with Crippen LogP contribution in [0.15, 0.2) is 0 Å². The van der Waals surface area contributed by atoms with Crippen molar-refractivity contribution in [2.45, 2.75) is 32.0 Å². The number of hydrogen-bond donors (Lipinski definition) is 2. The molecule has 3 rings (SSSR count). The van der Waals surface area contributed by atoms with Gasteiger partial charge in [-0.25, -0.2) is 4.98 Å². The van der Waals surface area contributed by atoms with Crippen molar-refractivity contribution in [3.8, 4) is 6.07 Å². The number of aryl methyl sites for hydroxylation is 1. The minimum atomic E-state index is -4.78. The van der Waals surface area contributed by atoms with Crippen LogP contribution in [0, 0.1) is 18.3 Å². The topological polar surface area (TPSA) is 75.9 Å². The monoisotopic (exact) mass is 358 g/mol. The molecule has 1 atom stereocenters. The van der Waals surface area contributed by atoms with Crippen LogP contribution in [-0.4, -0.2) is 34.3 Å². The molecular weight excluding hydrogens is 345 g/mol. The molecule has 0 saturated carbocycles. The first-order valence-electron chi connectivity index (χ1n) is 7.36. The summed E-state index contributed by atoms with van der Waals surface area (Å²) in [4.78, 5) is 8.13. The average molecular weight is 359 g/mol. The number of nitrogens with one attached hydrogen (secondary N) is 1. The SMILES string of the molecule is Cc1[nH]c2c(N3CCC[C@@H](O)C3)c(C#N)c(C(F)(F)F)nc2c1Cl. The Morgan fingerprint density at radius 3 is 2.75 bits per heavy atom. The first-order chi connectivity index (χ1) is 11.2. The van der Waals surface area contributed by atoms with Crippen LogP contribution in [0.25, 0.3) is 11.0 Å². The van der Waals surface area contributed by atoms with Gasteiger partial charge in [-0.1, -0.05) is 11.6 Å². The van der Waals surface area contributed by atoms with Crippen LogP contribution < -0.4 is 4.90 Å². The van der Waals surface area contributed by atoms with E-state index in [1.54, 1.807) is 17.9 Å². The fraction of sp³-hybridized carbons (Fsp3) is 0.467. The van der Waals surface area contributed by atoms with Gasteiger partial charge in [0.2, 0.25) is 0 Å². The van der Waals surface area contributed by atoms with Gasteiger partial charge in [0.15, 0.2) is 5.69 Å². The van der Waals surface area contributed by atoms with Gasteiger partial charge < -0.3 is 15.0 Å². The maximum atomic E-state index is 13.4. The highest BCUT2D eigenvalue weighted by Crippen LogP contribution is 2.41. The first kappa shape index (κ1) is 16.9. The zero-order valence-electron chi connectivity index (χ0n) is 12.7. The van der Waals surface area contributed by atoms with Gasteiger partial charge in [-0.15, -0.1) is 0 Å². The first-order valence-corrected chi connectivity index (χ1v) is 7.74. The van der Waals surface area contributed by atoms with Gasteiger partial charge in [0.25, 0.3) is 0 Å². The van der Waals surface area contributed by atoms with E-state index in [9.17, 15) is 23.5 Å². The van der Waals surface area contributed by atoms with Crippen molar-refractivity contribution in [3.05, 3.63) is 22.0 Å². The van der Waals surface area contributed by atoms with E-state index in [2.05, 4.69) is 9.97 Å². The summed E-state index contributed by atoms with van der Waals surface area (Å²) in [7, 11) is 0. The fourth-order valence-corrected chi connectivity index (χ4v) is 3.24. The second-order valence-electron chi connectivity index (χ2n) is 5.82. The Balaban J connectivity index is 2.36. The van der Waals surface area contributed by atoms with Crippen LogP contribution in [0.2, 0.25) is 5.02 Å². The zero-order chi connectivity index (χ0) is 17.6. The number of halogens is 4. The number of H-pyrrole nitrogens is 1. The van der Waals surface area contributed by atoms with Gasteiger partial charge in [-0.3, -0.25) is 0 Å². The van der Waals surface area contributed by atoms with Crippen LogP contribution in [0.5, 0.6) is 0 Å². The van der Waals surface area contributed by atoms with Crippen LogP contribution in [0.3, 0.4) is 0 Å². The Bertz CT molecular complexity index is 840. The third-order valence-electron chi connectivity index (χ3n) is 4.11. The lowest BCUT2D eigenvalue weighted by Gasteiger charge is -2.33. The number of β-amino-alcohol motifs (C(OH)–C–C–N with tert-alkyl or cyclic N) is 1. The predicted octanol–water partition coefficient (Wildman–Crippen LogP) is 3.38. The molecule has 0 amide bonds. The molecule has 0 aromatic carbocycles. The van der Waals surface area contributed by atoms with Crippen LogP contribution in [-0.2, 0) is 6.18 Å². The number of anilines is 1. The summed E-state index contributed by atoms with van der Waals surface area (Å²) in [5.41, 5.74) is -0.966. The van der Waals surface area contributed by atoms with Crippen molar-refractivity contribution in [1.82, 2.24) is 9.97 Å².